The van der Waals surface area contributed by atoms with Crippen molar-refractivity contribution in [1.82, 2.24) is 5.32 Å². The quantitative estimate of drug-likeness (QED) is 0.859. The van der Waals surface area contributed by atoms with Gasteiger partial charge in [0.2, 0.25) is 5.91 Å². The van der Waals surface area contributed by atoms with E-state index in [0.29, 0.717) is 17.5 Å². The number of anilines is 1. The molecule has 3 nitrogen and oxygen atoms in total. The van der Waals surface area contributed by atoms with Gasteiger partial charge in [-0.15, -0.1) is 0 Å². The van der Waals surface area contributed by atoms with Crippen LogP contribution in [0.1, 0.15) is 24.8 Å². The number of rotatable bonds is 2. The van der Waals surface area contributed by atoms with Crippen molar-refractivity contribution < 1.29 is 9.18 Å². The number of carbonyl (C=O) groups is 1. The Hall–Kier alpha value is -1.42. The molecule has 102 valence electrons. The standard InChI is InChI=1S/C15H19FN2O/c1-9-7-11(16)5-6-13(9)18-15(19)14-12-4-2-3-10(12)8-17-14/h5-7,10,12,14,17H,2-4,8H2,1H3,(H,18,19). The topological polar surface area (TPSA) is 41.1 Å². The second kappa shape index (κ2) is 4.93. The number of amides is 1. The molecule has 1 saturated heterocycles. The summed E-state index contributed by atoms with van der Waals surface area (Å²) < 4.78 is 13.0. The highest BCUT2D eigenvalue weighted by molar-refractivity contribution is 5.96. The third kappa shape index (κ3) is 2.37. The molecule has 1 aromatic rings. The molecule has 2 fully saturated rings. The lowest BCUT2D eigenvalue weighted by Gasteiger charge is -2.18. The van der Waals surface area contributed by atoms with Gasteiger partial charge in [0.15, 0.2) is 0 Å². The molecule has 1 saturated carbocycles. The minimum Gasteiger partial charge on any atom is -0.324 e. The van der Waals surface area contributed by atoms with E-state index in [2.05, 4.69) is 10.6 Å². The van der Waals surface area contributed by atoms with Gasteiger partial charge in [0.1, 0.15) is 5.82 Å². The molecule has 2 aliphatic rings. The summed E-state index contributed by atoms with van der Waals surface area (Å²) in [7, 11) is 0. The largest absolute Gasteiger partial charge is 0.324 e. The molecule has 19 heavy (non-hydrogen) atoms. The number of aryl methyl sites for hydroxylation is 1. The van der Waals surface area contributed by atoms with E-state index in [1.807, 2.05) is 0 Å². The third-order valence-corrected chi connectivity index (χ3v) is 4.47. The number of halogens is 1. The fourth-order valence-corrected chi connectivity index (χ4v) is 3.45. The number of benzene rings is 1. The van der Waals surface area contributed by atoms with E-state index in [1.165, 1.54) is 25.0 Å². The first-order valence-corrected chi connectivity index (χ1v) is 6.95. The summed E-state index contributed by atoms with van der Waals surface area (Å²) in [5.41, 5.74) is 1.46. The molecule has 1 aliphatic carbocycles. The lowest BCUT2D eigenvalue weighted by Crippen LogP contribution is -2.39. The van der Waals surface area contributed by atoms with Crippen molar-refractivity contribution in [2.75, 3.05) is 11.9 Å². The molecule has 3 unspecified atom stereocenters. The van der Waals surface area contributed by atoms with Gasteiger partial charge in [-0.1, -0.05) is 6.42 Å². The third-order valence-electron chi connectivity index (χ3n) is 4.47. The highest BCUT2D eigenvalue weighted by Gasteiger charge is 2.42. The molecule has 0 aromatic heterocycles. The highest BCUT2D eigenvalue weighted by atomic mass is 19.1. The zero-order valence-corrected chi connectivity index (χ0v) is 11.1. The van der Waals surface area contributed by atoms with E-state index in [4.69, 9.17) is 0 Å². The van der Waals surface area contributed by atoms with Gasteiger partial charge < -0.3 is 10.6 Å². The van der Waals surface area contributed by atoms with Crippen LogP contribution in [0, 0.1) is 24.6 Å². The van der Waals surface area contributed by atoms with Crippen LogP contribution in [0.5, 0.6) is 0 Å². The van der Waals surface area contributed by atoms with Gasteiger partial charge in [-0.2, -0.15) is 0 Å². The van der Waals surface area contributed by atoms with Crippen LogP contribution in [0.2, 0.25) is 0 Å². The maximum atomic E-state index is 13.0. The molecular weight excluding hydrogens is 243 g/mol. The smallest absolute Gasteiger partial charge is 0.241 e. The van der Waals surface area contributed by atoms with E-state index in [9.17, 15) is 9.18 Å². The number of nitrogens with one attached hydrogen (secondary N) is 2. The van der Waals surface area contributed by atoms with E-state index >= 15 is 0 Å². The molecule has 0 radical (unpaired) electrons. The second-order valence-electron chi connectivity index (χ2n) is 5.69. The Morgan fingerprint density at radius 1 is 1.42 bits per heavy atom. The average Bonchev–Trinajstić information content (AvgIpc) is 2.94. The molecule has 4 heteroatoms. The van der Waals surface area contributed by atoms with Gasteiger partial charge in [-0.05, 0) is 61.9 Å². The Labute approximate surface area is 112 Å². The maximum Gasteiger partial charge on any atom is 0.241 e. The summed E-state index contributed by atoms with van der Waals surface area (Å²) in [6, 6.07) is 4.36. The molecule has 1 amide bonds. The lowest BCUT2D eigenvalue weighted by atomic mass is 9.93. The highest BCUT2D eigenvalue weighted by Crippen LogP contribution is 2.38. The number of fused-ring (bicyclic) bond motifs is 1. The zero-order chi connectivity index (χ0) is 13.4. The van der Waals surface area contributed by atoms with E-state index < -0.39 is 0 Å². The normalized spacial score (nSPS) is 29.3. The summed E-state index contributed by atoms with van der Waals surface area (Å²) in [6.07, 6.45) is 3.60. The minimum atomic E-state index is -0.273. The first-order valence-electron chi connectivity index (χ1n) is 6.95. The first-order chi connectivity index (χ1) is 9.15. The molecular formula is C15H19FN2O. The fraction of sp³-hybridized carbons (Fsp3) is 0.533. The molecule has 3 atom stereocenters. The second-order valence-corrected chi connectivity index (χ2v) is 5.69. The van der Waals surface area contributed by atoms with Crippen LogP contribution >= 0.6 is 0 Å². The molecule has 2 N–H and O–H groups in total. The average molecular weight is 262 g/mol. The fourth-order valence-electron chi connectivity index (χ4n) is 3.45. The van der Waals surface area contributed by atoms with E-state index in [0.717, 1.165) is 18.5 Å². The predicted molar refractivity (Wildman–Crippen MR) is 72.4 cm³/mol. The summed E-state index contributed by atoms with van der Waals surface area (Å²) in [4.78, 5) is 12.3. The molecule has 3 rings (SSSR count). The van der Waals surface area contributed by atoms with Gasteiger partial charge in [-0.25, -0.2) is 4.39 Å². The number of carbonyl (C=O) groups excluding carboxylic acids is 1. The van der Waals surface area contributed by atoms with Crippen molar-refractivity contribution in [1.29, 1.82) is 0 Å². The molecule has 1 aromatic carbocycles. The monoisotopic (exact) mass is 262 g/mol. The van der Waals surface area contributed by atoms with Crippen LogP contribution in [0.4, 0.5) is 10.1 Å². The van der Waals surface area contributed by atoms with Crippen LogP contribution in [0.15, 0.2) is 18.2 Å². The minimum absolute atomic E-state index is 0.0177. The summed E-state index contributed by atoms with van der Waals surface area (Å²) in [6.45, 7) is 2.75. The van der Waals surface area contributed by atoms with E-state index in [1.54, 1.807) is 13.0 Å². The van der Waals surface area contributed by atoms with Gasteiger partial charge in [0.05, 0.1) is 6.04 Å². The predicted octanol–water partition coefficient (Wildman–Crippen LogP) is 2.46. The van der Waals surface area contributed by atoms with Crippen molar-refractivity contribution in [3.8, 4) is 0 Å². The van der Waals surface area contributed by atoms with Gasteiger partial charge in [0, 0.05) is 5.69 Å². The Bertz CT molecular complexity index is 503. The maximum absolute atomic E-state index is 13.0. The van der Waals surface area contributed by atoms with Crippen LogP contribution < -0.4 is 10.6 Å². The Morgan fingerprint density at radius 3 is 3.05 bits per heavy atom. The van der Waals surface area contributed by atoms with E-state index in [-0.39, 0.29) is 17.8 Å². The van der Waals surface area contributed by atoms with Crippen LogP contribution in [0.25, 0.3) is 0 Å². The van der Waals surface area contributed by atoms with Crippen molar-refractivity contribution in [2.24, 2.45) is 11.8 Å². The lowest BCUT2D eigenvalue weighted by molar-refractivity contribution is -0.118. The van der Waals surface area contributed by atoms with Crippen molar-refractivity contribution >= 4 is 11.6 Å². The summed E-state index contributed by atoms with van der Waals surface area (Å²) >= 11 is 0. The van der Waals surface area contributed by atoms with Crippen LogP contribution in [-0.4, -0.2) is 18.5 Å². The van der Waals surface area contributed by atoms with Gasteiger partial charge in [0.25, 0.3) is 0 Å². The Morgan fingerprint density at radius 2 is 2.26 bits per heavy atom. The van der Waals surface area contributed by atoms with Gasteiger partial charge >= 0.3 is 0 Å². The Kier molecular flexibility index (Phi) is 3.27. The van der Waals surface area contributed by atoms with Crippen molar-refractivity contribution in [3.05, 3.63) is 29.6 Å². The molecule has 1 aliphatic heterocycles. The van der Waals surface area contributed by atoms with Crippen molar-refractivity contribution in [2.45, 2.75) is 32.2 Å². The summed E-state index contributed by atoms with van der Waals surface area (Å²) in [5, 5.41) is 6.25. The molecule has 1 heterocycles. The SMILES string of the molecule is Cc1cc(F)ccc1NC(=O)C1NCC2CCCC21. The summed E-state index contributed by atoms with van der Waals surface area (Å²) in [5.74, 6) is 0.875. The van der Waals surface area contributed by atoms with Gasteiger partial charge in [-0.3, -0.25) is 4.79 Å². The molecule has 0 bridgehead atoms. The molecule has 0 spiro atoms. The Balaban J connectivity index is 1.71. The van der Waals surface area contributed by atoms with Crippen molar-refractivity contribution in [3.63, 3.8) is 0 Å². The number of hydrogen-bond donors (Lipinski definition) is 2. The number of hydrogen-bond acceptors (Lipinski definition) is 2. The zero-order valence-electron chi connectivity index (χ0n) is 11.1. The van der Waals surface area contributed by atoms with Crippen LogP contribution in [-0.2, 0) is 4.79 Å². The van der Waals surface area contributed by atoms with Crippen LogP contribution in [0.3, 0.4) is 0 Å². The first kappa shape index (κ1) is 12.6.